The number of phenolic OH excluding ortho intramolecular Hbond substituents is 1. The largest absolute Gasteiger partial charge is 0.508 e. The molecule has 4 rings (SSSR count). The number of carbonyl (C=O) groups is 1. The van der Waals surface area contributed by atoms with Crippen molar-refractivity contribution in [2.45, 2.75) is 44.0 Å². The van der Waals surface area contributed by atoms with E-state index in [9.17, 15) is 23.8 Å². The number of aromatic hydroxyl groups is 1. The fourth-order valence-corrected chi connectivity index (χ4v) is 4.24. The van der Waals surface area contributed by atoms with Crippen LogP contribution in [-0.2, 0) is 4.79 Å². The van der Waals surface area contributed by atoms with Crippen molar-refractivity contribution in [1.29, 1.82) is 0 Å². The molecule has 2 aromatic carbocycles. The zero-order valence-corrected chi connectivity index (χ0v) is 17.2. The van der Waals surface area contributed by atoms with Crippen molar-refractivity contribution >= 4 is 5.91 Å². The van der Waals surface area contributed by atoms with Crippen LogP contribution in [0.5, 0.6) is 5.75 Å². The van der Waals surface area contributed by atoms with E-state index in [0.717, 1.165) is 5.56 Å². The molecular weight excluding hydrogens is 400 g/mol. The van der Waals surface area contributed by atoms with E-state index in [1.807, 2.05) is 0 Å². The number of carbonyl (C=O) groups excluding carboxylic acids is 1. The van der Waals surface area contributed by atoms with Gasteiger partial charge in [-0.15, -0.1) is 0 Å². The quantitative estimate of drug-likeness (QED) is 0.632. The van der Waals surface area contributed by atoms with E-state index in [2.05, 4.69) is 0 Å². The number of β-lactam (4-membered cyclic amide) rings is 1. The zero-order valence-electron chi connectivity index (χ0n) is 17.2. The maximum absolute atomic E-state index is 14.2. The van der Waals surface area contributed by atoms with Crippen LogP contribution >= 0.6 is 0 Å². The van der Waals surface area contributed by atoms with Gasteiger partial charge in [-0.2, -0.15) is 0 Å². The van der Waals surface area contributed by atoms with Crippen molar-refractivity contribution in [2.75, 3.05) is 0 Å². The Bertz CT molecular complexity index is 1010. The maximum atomic E-state index is 14.2. The lowest BCUT2D eigenvalue weighted by molar-refractivity contribution is -0.153. The van der Waals surface area contributed by atoms with Crippen LogP contribution in [0.3, 0.4) is 0 Å². The van der Waals surface area contributed by atoms with E-state index in [1.54, 1.807) is 41.3 Å². The van der Waals surface area contributed by atoms with Crippen molar-refractivity contribution in [2.24, 2.45) is 5.92 Å². The number of rotatable bonds is 6. The van der Waals surface area contributed by atoms with Crippen LogP contribution in [-0.4, -0.2) is 26.7 Å². The van der Waals surface area contributed by atoms with Gasteiger partial charge in [0.25, 0.3) is 0 Å². The van der Waals surface area contributed by atoms with Gasteiger partial charge in [0.15, 0.2) is 0 Å². The van der Waals surface area contributed by atoms with Crippen LogP contribution in [0.2, 0.25) is 0 Å². The third kappa shape index (κ3) is 4.39. The Morgan fingerprint density at radius 3 is 2.45 bits per heavy atom. The first-order valence-corrected chi connectivity index (χ1v) is 10.4. The maximum Gasteiger partial charge on any atom is 0.233 e. The first kappa shape index (κ1) is 21.2. The number of nitrogens with zero attached hydrogens (tertiary/aromatic N) is 1. The lowest BCUT2D eigenvalue weighted by Crippen LogP contribution is -2.54. The van der Waals surface area contributed by atoms with Crippen LogP contribution in [0.15, 0.2) is 72.5 Å². The van der Waals surface area contributed by atoms with Crippen molar-refractivity contribution < 1.29 is 23.8 Å². The summed E-state index contributed by atoms with van der Waals surface area (Å²) in [6, 6.07) is 12.1. The minimum atomic E-state index is -1.43. The molecule has 1 unspecified atom stereocenters. The molecule has 0 radical (unpaired) electrons. The second-order valence-corrected chi connectivity index (χ2v) is 8.44. The lowest BCUT2D eigenvalue weighted by atomic mass is 9.77. The average Bonchev–Trinajstić information content (AvgIpc) is 2.74. The van der Waals surface area contributed by atoms with Crippen LogP contribution in [0.4, 0.5) is 8.78 Å². The average molecular weight is 425 g/mol. The molecule has 0 aromatic heterocycles. The summed E-state index contributed by atoms with van der Waals surface area (Å²) in [5, 5.41) is 20.1. The molecule has 2 aromatic rings. The number of benzene rings is 2. The molecule has 2 aliphatic rings. The minimum Gasteiger partial charge on any atom is -0.508 e. The highest BCUT2D eigenvalue weighted by molar-refractivity contribution is 5.89. The topological polar surface area (TPSA) is 60.8 Å². The molecule has 6 heteroatoms. The summed E-state index contributed by atoms with van der Waals surface area (Å²) in [5.74, 6) is -0.670. The number of alkyl halides is 1. The molecule has 2 N–H and O–H groups in total. The van der Waals surface area contributed by atoms with Gasteiger partial charge < -0.3 is 15.1 Å². The molecule has 31 heavy (non-hydrogen) atoms. The predicted octanol–water partition coefficient (Wildman–Crippen LogP) is 5.12. The third-order valence-electron chi connectivity index (χ3n) is 6.04. The second-order valence-electron chi connectivity index (χ2n) is 8.44. The van der Waals surface area contributed by atoms with Gasteiger partial charge in [0.2, 0.25) is 5.91 Å². The highest BCUT2D eigenvalue weighted by Crippen LogP contribution is 2.47. The molecule has 4 atom stereocenters. The van der Waals surface area contributed by atoms with Crippen molar-refractivity contribution in [3.8, 4) is 5.75 Å². The number of halogens is 2. The second kappa shape index (κ2) is 8.27. The standard InChI is InChI=1S/C25H25F2NO3/c1-25(27)14-12-19(13-15-25)28-23(17-4-8-20(29)9-5-17)21(24(28)31)10-11-22(30)16-2-6-18(26)7-3-16/h2-9,12-14,21-23,29-30H,10-11,15H2,1H3/t21-,22+,23-,25?/m1/s1. The summed E-state index contributed by atoms with van der Waals surface area (Å²) < 4.78 is 27.3. The molecule has 1 aliphatic carbocycles. The monoisotopic (exact) mass is 425 g/mol. The van der Waals surface area contributed by atoms with Gasteiger partial charge in [0.05, 0.1) is 18.1 Å². The van der Waals surface area contributed by atoms with Gasteiger partial charge in [0.1, 0.15) is 17.2 Å². The van der Waals surface area contributed by atoms with Crippen molar-refractivity contribution in [1.82, 2.24) is 4.90 Å². The first-order chi connectivity index (χ1) is 14.7. The van der Waals surface area contributed by atoms with Gasteiger partial charge in [0, 0.05) is 12.1 Å². The van der Waals surface area contributed by atoms with E-state index in [0.29, 0.717) is 24.1 Å². The molecule has 0 bridgehead atoms. The molecule has 162 valence electrons. The van der Waals surface area contributed by atoms with E-state index in [-0.39, 0.29) is 35.9 Å². The molecule has 1 amide bonds. The molecule has 4 nitrogen and oxygen atoms in total. The first-order valence-electron chi connectivity index (χ1n) is 10.4. The van der Waals surface area contributed by atoms with E-state index in [1.165, 1.54) is 37.3 Å². The number of aliphatic hydroxyl groups is 1. The summed E-state index contributed by atoms with van der Waals surface area (Å²) in [7, 11) is 0. The smallest absolute Gasteiger partial charge is 0.233 e. The third-order valence-corrected chi connectivity index (χ3v) is 6.04. The lowest BCUT2D eigenvalue weighted by Gasteiger charge is -2.49. The van der Waals surface area contributed by atoms with Gasteiger partial charge >= 0.3 is 0 Å². The number of phenols is 1. The van der Waals surface area contributed by atoms with E-state index < -0.39 is 11.8 Å². The van der Waals surface area contributed by atoms with Crippen molar-refractivity contribution in [3.63, 3.8) is 0 Å². The molecule has 1 fully saturated rings. The molecule has 1 aliphatic heterocycles. The van der Waals surface area contributed by atoms with Gasteiger partial charge in [-0.25, -0.2) is 8.78 Å². The molecule has 1 heterocycles. The number of allylic oxidation sites excluding steroid dienone is 3. The normalized spacial score (nSPS) is 26.4. The Hall–Kier alpha value is -2.99. The summed E-state index contributed by atoms with van der Waals surface area (Å²) >= 11 is 0. The summed E-state index contributed by atoms with van der Waals surface area (Å²) in [4.78, 5) is 14.7. The Morgan fingerprint density at radius 2 is 1.84 bits per heavy atom. The predicted molar refractivity (Wildman–Crippen MR) is 113 cm³/mol. The SMILES string of the molecule is CC1(F)C=CC(N2C(=O)[C@H](CC[C@H](O)c3ccc(F)cc3)[C@H]2c2ccc(O)cc2)=CC1. The number of likely N-dealkylation sites (tertiary alicyclic amines) is 1. The summed E-state index contributed by atoms with van der Waals surface area (Å²) in [5.41, 5.74) is 0.700. The number of amides is 1. The fourth-order valence-electron chi connectivity index (χ4n) is 4.24. The highest BCUT2D eigenvalue weighted by Gasteiger charge is 2.49. The van der Waals surface area contributed by atoms with Crippen LogP contribution in [0.25, 0.3) is 0 Å². The fraction of sp³-hybridized carbons (Fsp3) is 0.320. The molecule has 1 saturated heterocycles. The zero-order chi connectivity index (χ0) is 22.2. The van der Waals surface area contributed by atoms with Crippen molar-refractivity contribution in [3.05, 3.63) is 89.4 Å². The van der Waals surface area contributed by atoms with Gasteiger partial charge in [-0.1, -0.05) is 30.3 Å². The van der Waals surface area contributed by atoms with Gasteiger partial charge in [-0.3, -0.25) is 4.79 Å². The Balaban J connectivity index is 1.53. The Labute approximate surface area is 180 Å². The van der Waals surface area contributed by atoms with Crippen LogP contribution in [0, 0.1) is 11.7 Å². The number of hydrogen-bond donors (Lipinski definition) is 2. The van der Waals surface area contributed by atoms with Crippen LogP contribution in [0.1, 0.15) is 49.5 Å². The number of hydrogen-bond acceptors (Lipinski definition) is 3. The molecule has 0 spiro atoms. The highest BCUT2D eigenvalue weighted by atomic mass is 19.1. The molecule has 0 saturated carbocycles. The minimum absolute atomic E-state index is 0.0808. The Kier molecular flexibility index (Phi) is 5.67. The summed E-state index contributed by atoms with van der Waals surface area (Å²) in [6.45, 7) is 1.49. The summed E-state index contributed by atoms with van der Waals surface area (Å²) in [6.07, 6.45) is 5.02. The molecular formula is C25H25F2NO3. The van der Waals surface area contributed by atoms with E-state index in [4.69, 9.17) is 0 Å². The van der Waals surface area contributed by atoms with Gasteiger partial charge in [-0.05, 0) is 67.3 Å². The van der Waals surface area contributed by atoms with Crippen LogP contribution < -0.4 is 0 Å². The number of aliphatic hydroxyl groups excluding tert-OH is 1. The van der Waals surface area contributed by atoms with E-state index >= 15 is 0 Å². The Morgan fingerprint density at radius 1 is 1.16 bits per heavy atom.